The molecule has 0 radical (unpaired) electrons. The summed E-state index contributed by atoms with van der Waals surface area (Å²) in [5, 5.41) is 2.44. The van der Waals surface area contributed by atoms with Gasteiger partial charge < -0.3 is 14.8 Å². The number of hydrogen-bond acceptors (Lipinski definition) is 5. The van der Waals surface area contributed by atoms with Crippen molar-refractivity contribution in [3.63, 3.8) is 0 Å². The highest BCUT2D eigenvalue weighted by molar-refractivity contribution is 5.96. The van der Waals surface area contributed by atoms with Gasteiger partial charge in [0.15, 0.2) is 11.4 Å². The van der Waals surface area contributed by atoms with Gasteiger partial charge in [0.2, 0.25) is 0 Å². The normalized spacial score (nSPS) is 12.5. The molecule has 1 N–H and O–H groups in total. The van der Waals surface area contributed by atoms with Gasteiger partial charge in [0, 0.05) is 18.8 Å². The van der Waals surface area contributed by atoms with Crippen molar-refractivity contribution < 1.29 is 31.9 Å². The zero-order chi connectivity index (χ0) is 23.3. The van der Waals surface area contributed by atoms with Crippen LogP contribution in [0.3, 0.4) is 0 Å². The lowest BCUT2D eigenvalue weighted by atomic mass is 10.1. The number of nitrogens with zero attached hydrogens (tertiary/aromatic N) is 3. The summed E-state index contributed by atoms with van der Waals surface area (Å²) >= 11 is 0. The van der Waals surface area contributed by atoms with Crippen molar-refractivity contribution in [2.24, 2.45) is 0 Å². The minimum Gasteiger partial charge on any atom is -0.483 e. The predicted molar refractivity (Wildman–Crippen MR) is 106 cm³/mol. The summed E-state index contributed by atoms with van der Waals surface area (Å²) in [5.74, 6) is -0.909. The zero-order valence-corrected chi connectivity index (χ0v) is 17.0. The summed E-state index contributed by atoms with van der Waals surface area (Å²) < 4.78 is 57.9. The summed E-state index contributed by atoms with van der Waals surface area (Å²) in [6.07, 6.45) is -2.41. The standard InChI is InChI=1S/C21H20F4N4O3/c1-13-18(20(31)28-14(11-30)5-2-8-21(23,24)25)29-10-4-7-17(19(29)27-13)32-12-16-15(22)6-3-9-26-16/h3-4,6-7,9-11,14H,2,5,8,12H2,1H3,(H,28,31). The van der Waals surface area contributed by atoms with Gasteiger partial charge in [-0.1, -0.05) is 0 Å². The molecule has 3 aromatic heterocycles. The van der Waals surface area contributed by atoms with Gasteiger partial charge in [-0.3, -0.25) is 14.2 Å². The summed E-state index contributed by atoms with van der Waals surface area (Å²) in [6, 6.07) is 4.83. The van der Waals surface area contributed by atoms with E-state index in [1.807, 2.05) is 0 Å². The zero-order valence-electron chi connectivity index (χ0n) is 17.0. The first-order valence-corrected chi connectivity index (χ1v) is 9.72. The van der Waals surface area contributed by atoms with E-state index in [0.29, 0.717) is 12.0 Å². The third-order valence-electron chi connectivity index (χ3n) is 4.66. The lowest BCUT2D eigenvalue weighted by Crippen LogP contribution is -2.37. The Hall–Kier alpha value is -3.50. The number of rotatable bonds is 9. The SMILES string of the molecule is Cc1nc2c(OCc3ncccc3F)cccn2c1C(=O)NC(C=O)CCCC(F)(F)F. The Kier molecular flexibility index (Phi) is 7.06. The Bertz CT molecular complexity index is 1110. The number of ether oxygens (including phenoxy) is 1. The Morgan fingerprint density at radius 2 is 2.09 bits per heavy atom. The fourth-order valence-corrected chi connectivity index (χ4v) is 3.15. The predicted octanol–water partition coefficient (Wildman–Crippen LogP) is 3.79. The van der Waals surface area contributed by atoms with E-state index >= 15 is 0 Å². The van der Waals surface area contributed by atoms with Crippen molar-refractivity contribution in [1.29, 1.82) is 0 Å². The molecule has 0 aliphatic heterocycles. The number of alkyl halides is 3. The first-order valence-electron chi connectivity index (χ1n) is 9.72. The Labute approximate surface area is 180 Å². The summed E-state index contributed by atoms with van der Waals surface area (Å²) in [5.41, 5.74) is 0.814. The number of fused-ring (bicyclic) bond motifs is 1. The molecule has 0 saturated carbocycles. The molecule has 7 nitrogen and oxygen atoms in total. The van der Waals surface area contributed by atoms with Crippen LogP contribution in [0.1, 0.15) is 41.1 Å². The summed E-state index contributed by atoms with van der Waals surface area (Å²) in [7, 11) is 0. The van der Waals surface area contributed by atoms with Gasteiger partial charge in [0.1, 0.15) is 30.1 Å². The largest absolute Gasteiger partial charge is 0.483 e. The van der Waals surface area contributed by atoms with E-state index in [2.05, 4.69) is 15.3 Å². The van der Waals surface area contributed by atoms with E-state index < -0.39 is 30.4 Å². The average Bonchev–Trinajstić information content (AvgIpc) is 3.08. The van der Waals surface area contributed by atoms with Crippen LogP contribution in [0, 0.1) is 12.7 Å². The van der Waals surface area contributed by atoms with Crippen LogP contribution in [-0.4, -0.2) is 38.8 Å². The molecule has 3 aromatic rings. The maximum atomic E-state index is 13.8. The van der Waals surface area contributed by atoms with Crippen LogP contribution in [0.25, 0.3) is 5.65 Å². The molecule has 0 bridgehead atoms. The second-order valence-electron chi connectivity index (χ2n) is 7.06. The lowest BCUT2D eigenvalue weighted by molar-refractivity contribution is -0.136. The number of amides is 1. The van der Waals surface area contributed by atoms with Gasteiger partial charge >= 0.3 is 6.18 Å². The highest BCUT2D eigenvalue weighted by Gasteiger charge is 2.27. The van der Waals surface area contributed by atoms with Gasteiger partial charge in [-0.25, -0.2) is 9.37 Å². The number of hydrogen-bond donors (Lipinski definition) is 1. The van der Waals surface area contributed by atoms with E-state index in [1.54, 1.807) is 25.3 Å². The molecule has 0 spiro atoms. The van der Waals surface area contributed by atoms with Crippen LogP contribution in [0.15, 0.2) is 36.7 Å². The number of imidazole rings is 1. The third-order valence-corrected chi connectivity index (χ3v) is 4.66. The molecule has 1 atom stereocenters. The number of carbonyl (C=O) groups excluding carboxylic acids is 2. The number of pyridine rings is 2. The highest BCUT2D eigenvalue weighted by Crippen LogP contribution is 2.24. The van der Waals surface area contributed by atoms with Crippen LogP contribution < -0.4 is 10.1 Å². The number of aldehydes is 1. The van der Waals surface area contributed by atoms with Gasteiger partial charge in [-0.2, -0.15) is 13.2 Å². The monoisotopic (exact) mass is 452 g/mol. The molecule has 11 heteroatoms. The molecule has 0 saturated heterocycles. The quantitative estimate of drug-likeness (QED) is 0.395. The second-order valence-corrected chi connectivity index (χ2v) is 7.06. The number of aromatic nitrogens is 3. The van der Waals surface area contributed by atoms with Crippen LogP contribution in [0.5, 0.6) is 5.75 Å². The van der Waals surface area contributed by atoms with Crippen molar-refractivity contribution in [1.82, 2.24) is 19.7 Å². The van der Waals surface area contributed by atoms with Crippen LogP contribution in [0.2, 0.25) is 0 Å². The van der Waals surface area contributed by atoms with Gasteiger partial charge in [-0.05, 0) is 44.0 Å². The second kappa shape index (κ2) is 9.75. The van der Waals surface area contributed by atoms with E-state index in [-0.39, 0.29) is 42.2 Å². The van der Waals surface area contributed by atoms with Crippen LogP contribution in [0.4, 0.5) is 17.6 Å². The fraction of sp³-hybridized carbons (Fsp3) is 0.333. The molecular weight excluding hydrogens is 432 g/mol. The van der Waals surface area contributed by atoms with E-state index in [0.717, 1.165) is 0 Å². The summed E-state index contributed by atoms with van der Waals surface area (Å²) in [4.78, 5) is 32.2. The van der Waals surface area contributed by atoms with Gasteiger partial charge in [0.05, 0.1) is 11.7 Å². The van der Waals surface area contributed by atoms with Crippen molar-refractivity contribution in [2.75, 3.05) is 0 Å². The smallest absolute Gasteiger partial charge is 0.389 e. The molecule has 0 aromatic carbocycles. The number of carbonyl (C=O) groups is 2. The first-order chi connectivity index (χ1) is 15.2. The van der Waals surface area contributed by atoms with E-state index in [1.165, 1.54) is 22.7 Å². The van der Waals surface area contributed by atoms with Crippen molar-refractivity contribution in [2.45, 2.75) is 45.0 Å². The van der Waals surface area contributed by atoms with E-state index in [9.17, 15) is 27.2 Å². The molecule has 1 unspecified atom stereocenters. The average molecular weight is 452 g/mol. The minimum atomic E-state index is -4.33. The Morgan fingerprint density at radius 1 is 1.31 bits per heavy atom. The van der Waals surface area contributed by atoms with Crippen LogP contribution >= 0.6 is 0 Å². The molecule has 1 amide bonds. The number of aryl methyl sites for hydroxylation is 1. The molecule has 32 heavy (non-hydrogen) atoms. The first kappa shape index (κ1) is 23.2. The minimum absolute atomic E-state index is 0.100. The molecule has 0 aliphatic rings. The number of nitrogens with one attached hydrogen (secondary N) is 1. The van der Waals surface area contributed by atoms with Crippen molar-refractivity contribution in [3.8, 4) is 5.75 Å². The fourth-order valence-electron chi connectivity index (χ4n) is 3.15. The molecule has 3 rings (SSSR count). The van der Waals surface area contributed by atoms with Crippen molar-refractivity contribution >= 4 is 17.8 Å². The van der Waals surface area contributed by atoms with E-state index in [4.69, 9.17) is 4.74 Å². The maximum Gasteiger partial charge on any atom is 0.389 e. The van der Waals surface area contributed by atoms with Gasteiger partial charge in [0.25, 0.3) is 5.91 Å². The van der Waals surface area contributed by atoms with Crippen LogP contribution in [-0.2, 0) is 11.4 Å². The molecule has 0 aliphatic carbocycles. The molecule has 170 valence electrons. The topological polar surface area (TPSA) is 85.6 Å². The lowest BCUT2D eigenvalue weighted by Gasteiger charge is -2.14. The number of halogens is 4. The third kappa shape index (κ3) is 5.59. The highest BCUT2D eigenvalue weighted by atomic mass is 19.4. The summed E-state index contributed by atoms with van der Waals surface area (Å²) in [6.45, 7) is 1.41. The Balaban J connectivity index is 1.76. The molecule has 3 heterocycles. The molecule has 0 fully saturated rings. The maximum absolute atomic E-state index is 13.8. The Morgan fingerprint density at radius 3 is 2.78 bits per heavy atom. The molecular formula is C21H20F4N4O3. The van der Waals surface area contributed by atoms with Gasteiger partial charge in [-0.15, -0.1) is 0 Å². The van der Waals surface area contributed by atoms with Crippen molar-refractivity contribution in [3.05, 3.63) is 59.6 Å².